The number of hydrogen-bond donors (Lipinski definition) is 1. The van der Waals surface area contributed by atoms with Gasteiger partial charge in [0, 0.05) is 51.4 Å². The average Bonchev–Trinajstić information content (AvgIpc) is 3.17. The van der Waals surface area contributed by atoms with Crippen molar-refractivity contribution in [3.63, 3.8) is 0 Å². The Morgan fingerprint density at radius 2 is 1.81 bits per heavy atom. The monoisotopic (exact) mass is 398 g/mol. The molecule has 3 aliphatic heterocycles. The number of carbonyl (C=O) groups is 1. The maximum atomic E-state index is 13.0. The first-order valence-corrected chi connectivity index (χ1v) is 8.95. The zero-order valence-corrected chi connectivity index (χ0v) is 15.7. The molecule has 1 amide bonds. The SMILES string of the molecule is Cl.O=C(c1cc2c(cc1[N+](=O)[O-])OCCO2)N1CCC(N2CCNCC2)C1. The Morgan fingerprint density at radius 1 is 1.15 bits per heavy atom. The Labute approximate surface area is 163 Å². The molecule has 3 heterocycles. The maximum absolute atomic E-state index is 13.0. The number of nitro groups is 1. The van der Waals surface area contributed by atoms with E-state index in [9.17, 15) is 14.9 Å². The summed E-state index contributed by atoms with van der Waals surface area (Å²) in [5, 5.41) is 14.8. The molecule has 0 bridgehead atoms. The molecule has 3 aliphatic rings. The third-order valence-corrected chi connectivity index (χ3v) is 5.21. The molecule has 10 heteroatoms. The third-order valence-electron chi connectivity index (χ3n) is 5.21. The van der Waals surface area contributed by atoms with Gasteiger partial charge in [0.15, 0.2) is 11.5 Å². The number of nitrogens with zero attached hydrogens (tertiary/aromatic N) is 3. The predicted molar refractivity (Wildman–Crippen MR) is 100 cm³/mol. The summed E-state index contributed by atoms with van der Waals surface area (Å²) in [5.41, 5.74) is -0.162. The molecule has 0 spiro atoms. The summed E-state index contributed by atoms with van der Waals surface area (Å²) in [7, 11) is 0. The fourth-order valence-corrected chi connectivity index (χ4v) is 3.84. The minimum atomic E-state index is -0.532. The number of nitrogens with one attached hydrogen (secondary N) is 1. The van der Waals surface area contributed by atoms with Gasteiger partial charge in [0.05, 0.1) is 11.0 Å². The highest BCUT2D eigenvalue weighted by molar-refractivity contribution is 5.99. The van der Waals surface area contributed by atoms with Crippen LogP contribution >= 0.6 is 12.4 Å². The summed E-state index contributed by atoms with van der Waals surface area (Å²) in [4.78, 5) is 28.0. The van der Waals surface area contributed by atoms with Crippen molar-refractivity contribution in [2.75, 3.05) is 52.5 Å². The van der Waals surface area contributed by atoms with Crippen LogP contribution in [0.1, 0.15) is 16.8 Å². The van der Waals surface area contributed by atoms with E-state index in [1.165, 1.54) is 12.1 Å². The lowest BCUT2D eigenvalue weighted by atomic mass is 10.1. The van der Waals surface area contributed by atoms with Crippen LogP contribution in [-0.2, 0) is 0 Å². The van der Waals surface area contributed by atoms with Crippen molar-refractivity contribution >= 4 is 24.0 Å². The Hall–Kier alpha value is -2.10. The molecule has 2 saturated heterocycles. The van der Waals surface area contributed by atoms with Crippen LogP contribution in [0, 0.1) is 10.1 Å². The van der Waals surface area contributed by atoms with Gasteiger partial charge in [-0.2, -0.15) is 0 Å². The number of ether oxygens (including phenoxy) is 2. The van der Waals surface area contributed by atoms with Gasteiger partial charge in [-0.3, -0.25) is 19.8 Å². The molecule has 0 radical (unpaired) electrons. The van der Waals surface area contributed by atoms with Gasteiger partial charge in [-0.25, -0.2) is 0 Å². The third kappa shape index (κ3) is 3.95. The van der Waals surface area contributed by atoms with Crippen LogP contribution in [0.5, 0.6) is 11.5 Å². The number of fused-ring (bicyclic) bond motifs is 1. The van der Waals surface area contributed by atoms with Gasteiger partial charge >= 0.3 is 0 Å². The van der Waals surface area contributed by atoms with Crippen LogP contribution in [0.2, 0.25) is 0 Å². The van der Waals surface area contributed by atoms with Gasteiger partial charge in [0.2, 0.25) is 0 Å². The topological polar surface area (TPSA) is 97.2 Å². The molecule has 148 valence electrons. The summed E-state index contributed by atoms with van der Waals surface area (Å²) in [6.07, 6.45) is 0.893. The quantitative estimate of drug-likeness (QED) is 0.597. The van der Waals surface area contributed by atoms with E-state index in [1.807, 2.05) is 0 Å². The Bertz CT molecular complexity index is 726. The zero-order chi connectivity index (χ0) is 18.1. The number of nitro benzene ring substituents is 1. The Balaban J connectivity index is 0.00000210. The molecule has 1 unspecified atom stereocenters. The predicted octanol–water partition coefficient (Wildman–Crippen LogP) is 0.907. The molecule has 9 nitrogen and oxygen atoms in total. The lowest BCUT2D eigenvalue weighted by Gasteiger charge is -2.32. The van der Waals surface area contributed by atoms with E-state index in [4.69, 9.17) is 9.47 Å². The van der Waals surface area contributed by atoms with E-state index in [0.717, 1.165) is 32.6 Å². The molecule has 0 saturated carbocycles. The van der Waals surface area contributed by atoms with Crippen molar-refractivity contribution < 1.29 is 19.2 Å². The van der Waals surface area contributed by atoms with Gasteiger partial charge in [-0.15, -0.1) is 12.4 Å². The van der Waals surface area contributed by atoms with Gasteiger partial charge < -0.3 is 19.7 Å². The largest absolute Gasteiger partial charge is 0.486 e. The molecule has 1 atom stereocenters. The summed E-state index contributed by atoms with van der Waals surface area (Å²) in [5.74, 6) is 0.397. The van der Waals surface area contributed by atoms with Crippen molar-refractivity contribution in [1.29, 1.82) is 0 Å². The number of likely N-dealkylation sites (tertiary alicyclic amines) is 1. The second-order valence-electron chi connectivity index (χ2n) is 6.75. The summed E-state index contributed by atoms with van der Waals surface area (Å²) >= 11 is 0. The fraction of sp³-hybridized carbons (Fsp3) is 0.588. The average molecular weight is 399 g/mol. The summed E-state index contributed by atoms with van der Waals surface area (Å²) < 4.78 is 10.9. The van der Waals surface area contributed by atoms with Crippen molar-refractivity contribution in [2.24, 2.45) is 0 Å². The number of piperazine rings is 1. The van der Waals surface area contributed by atoms with E-state index in [2.05, 4.69) is 10.2 Å². The fourth-order valence-electron chi connectivity index (χ4n) is 3.84. The van der Waals surface area contributed by atoms with Crippen LogP contribution in [0.15, 0.2) is 12.1 Å². The van der Waals surface area contributed by atoms with Crippen molar-refractivity contribution in [3.05, 3.63) is 27.8 Å². The van der Waals surface area contributed by atoms with E-state index < -0.39 is 4.92 Å². The Morgan fingerprint density at radius 3 is 2.48 bits per heavy atom. The molecular formula is C17H23ClN4O5. The van der Waals surface area contributed by atoms with Crippen LogP contribution in [0.25, 0.3) is 0 Å². The minimum Gasteiger partial charge on any atom is -0.486 e. The zero-order valence-electron chi connectivity index (χ0n) is 14.9. The highest BCUT2D eigenvalue weighted by Gasteiger charge is 2.35. The lowest BCUT2D eigenvalue weighted by Crippen LogP contribution is -2.49. The first kappa shape index (κ1) is 19.7. The number of benzene rings is 1. The van der Waals surface area contributed by atoms with Crippen molar-refractivity contribution in [1.82, 2.24) is 15.1 Å². The molecule has 1 N–H and O–H groups in total. The van der Waals surface area contributed by atoms with Crippen LogP contribution < -0.4 is 14.8 Å². The van der Waals surface area contributed by atoms with Crippen LogP contribution in [0.4, 0.5) is 5.69 Å². The Kier molecular flexibility index (Phi) is 6.03. The highest BCUT2D eigenvalue weighted by Crippen LogP contribution is 2.37. The number of rotatable bonds is 3. The van der Waals surface area contributed by atoms with Crippen LogP contribution in [0.3, 0.4) is 0 Å². The molecule has 2 fully saturated rings. The first-order chi connectivity index (χ1) is 12.6. The molecule has 1 aromatic carbocycles. The molecule has 27 heavy (non-hydrogen) atoms. The first-order valence-electron chi connectivity index (χ1n) is 8.95. The molecular weight excluding hydrogens is 376 g/mol. The maximum Gasteiger partial charge on any atom is 0.286 e. The highest BCUT2D eigenvalue weighted by atomic mass is 35.5. The van der Waals surface area contributed by atoms with Gasteiger partial charge in [-0.1, -0.05) is 0 Å². The number of hydrogen-bond acceptors (Lipinski definition) is 7. The van der Waals surface area contributed by atoms with Gasteiger partial charge in [-0.05, 0) is 6.42 Å². The standard InChI is InChI=1S/C17H22N4O5.ClH/c22-17(20-4-1-12(11-20)19-5-2-18-3-6-19)13-9-15-16(26-8-7-25-15)10-14(13)21(23)24;/h9-10,12,18H,1-8,11H2;1H. The van der Waals surface area contributed by atoms with Gasteiger partial charge in [0.25, 0.3) is 11.6 Å². The minimum absolute atomic E-state index is 0. The van der Waals surface area contributed by atoms with Crippen LogP contribution in [-0.4, -0.2) is 79.2 Å². The lowest BCUT2D eigenvalue weighted by molar-refractivity contribution is -0.385. The smallest absolute Gasteiger partial charge is 0.286 e. The number of amides is 1. The second-order valence-corrected chi connectivity index (χ2v) is 6.75. The molecule has 4 rings (SSSR count). The summed E-state index contributed by atoms with van der Waals surface area (Å²) in [6, 6.07) is 3.07. The molecule has 1 aromatic rings. The van der Waals surface area contributed by atoms with E-state index in [1.54, 1.807) is 4.90 Å². The molecule has 0 aromatic heterocycles. The second kappa shape index (κ2) is 8.28. The van der Waals surface area contributed by atoms with E-state index in [0.29, 0.717) is 43.8 Å². The normalized spacial score (nSPS) is 22.2. The van der Waals surface area contributed by atoms with E-state index >= 15 is 0 Å². The number of halogens is 1. The summed E-state index contributed by atoms with van der Waals surface area (Å²) in [6.45, 7) is 5.77. The number of carbonyl (C=O) groups excluding carboxylic acids is 1. The molecule has 0 aliphatic carbocycles. The van der Waals surface area contributed by atoms with Crippen molar-refractivity contribution in [3.8, 4) is 11.5 Å². The van der Waals surface area contributed by atoms with Crippen molar-refractivity contribution in [2.45, 2.75) is 12.5 Å². The van der Waals surface area contributed by atoms with Gasteiger partial charge in [0.1, 0.15) is 18.8 Å². The van der Waals surface area contributed by atoms with E-state index in [-0.39, 0.29) is 29.6 Å².